The van der Waals surface area contributed by atoms with Crippen molar-refractivity contribution in [3.05, 3.63) is 24.3 Å². The second-order valence-electron chi connectivity index (χ2n) is 4.75. The molecule has 18 heavy (non-hydrogen) atoms. The van der Waals surface area contributed by atoms with Crippen molar-refractivity contribution in [2.75, 3.05) is 5.32 Å². The number of primary sulfonamides is 1. The number of rotatable bonds is 4. The quantitative estimate of drug-likeness (QED) is 0.735. The molecule has 0 spiro atoms. The predicted octanol–water partition coefficient (Wildman–Crippen LogP) is 0.400. The van der Waals surface area contributed by atoms with Crippen LogP contribution in [0.15, 0.2) is 29.2 Å². The zero-order chi connectivity index (χ0) is 14.0. The molecule has 1 amide bonds. The highest BCUT2D eigenvalue weighted by Crippen LogP contribution is 2.20. The van der Waals surface area contributed by atoms with Crippen LogP contribution >= 0.6 is 0 Å². The van der Waals surface area contributed by atoms with Crippen LogP contribution in [-0.4, -0.2) is 19.9 Å². The summed E-state index contributed by atoms with van der Waals surface area (Å²) in [4.78, 5) is 11.6. The molecule has 0 atom stereocenters. The maximum absolute atomic E-state index is 11.7. The summed E-state index contributed by atoms with van der Waals surface area (Å²) >= 11 is 0. The zero-order valence-corrected chi connectivity index (χ0v) is 11.1. The van der Waals surface area contributed by atoms with Gasteiger partial charge >= 0.3 is 0 Å². The van der Waals surface area contributed by atoms with E-state index in [0.29, 0.717) is 0 Å². The fourth-order valence-electron chi connectivity index (χ4n) is 1.43. The van der Waals surface area contributed by atoms with Gasteiger partial charge in [0.05, 0.1) is 5.69 Å². The number of hydrogen-bond donors (Lipinski definition) is 3. The van der Waals surface area contributed by atoms with E-state index in [2.05, 4.69) is 5.32 Å². The summed E-state index contributed by atoms with van der Waals surface area (Å²) in [7, 11) is -3.87. The lowest BCUT2D eigenvalue weighted by atomic mass is 10.0. The highest BCUT2D eigenvalue weighted by atomic mass is 32.2. The molecule has 0 aliphatic rings. The Balaban J connectivity index is 2.96. The zero-order valence-electron chi connectivity index (χ0n) is 10.3. The van der Waals surface area contributed by atoms with Crippen LogP contribution in [0.25, 0.3) is 0 Å². The SMILES string of the molecule is CC(C)(N)CC(=O)Nc1ccccc1S(N)(=O)=O. The largest absolute Gasteiger partial charge is 0.325 e. The Morgan fingerprint density at radius 3 is 2.39 bits per heavy atom. The van der Waals surface area contributed by atoms with E-state index in [4.69, 9.17) is 10.9 Å². The number of carbonyl (C=O) groups excluding carboxylic acids is 1. The standard InChI is InChI=1S/C11H17N3O3S/c1-11(2,12)7-10(15)14-8-5-3-4-6-9(8)18(13,16)17/h3-6H,7,12H2,1-2H3,(H,14,15)(H2,13,16,17). The summed E-state index contributed by atoms with van der Waals surface area (Å²) in [5.41, 5.74) is 5.21. The Morgan fingerprint density at radius 1 is 1.33 bits per heavy atom. The van der Waals surface area contributed by atoms with E-state index in [0.717, 1.165) is 0 Å². The molecule has 0 unspecified atom stereocenters. The smallest absolute Gasteiger partial charge is 0.240 e. The molecule has 0 fully saturated rings. The maximum Gasteiger partial charge on any atom is 0.240 e. The number of amides is 1. The average molecular weight is 271 g/mol. The predicted molar refractivity (Wildman–Crippen MR) is 69.3 cm³/mol. The molecule has 100 valence electrons. The van der Waals surface area contributed by atoms with Gasteiger partial charge in [0, 0.05) is 12.0 Å². The molecule has 0 bridgehead atoms. The van der Waals surface area contributed by atoms with E-state index in [-0.39, 0.29) is 22.9 Å². The van der Waals surface area contributed by atoms with Crippen molar-refractivity contribution in [2.45, 2.75) is 30.7 Å². The molecule has 5 N–H and O–H groups in total. The highest BCUT2D eigenvalue weighted by Gasteiger charge is 2.19. The van der Waals surface area contributed by atoms with Crippen LogP contribution in [0.2, 0.25) is 0 Å². The van der Waals surface area contributed by atoms with Gasteiger partial charge in [-0.15, -0.1) is 0 Å². The van der Waals surface area contributed by atoms with Gasteiger partial charge in [-0.2, -0.15) is 0 Å². The third-order valence-corrected chi connectivity index (χ3v) is 3.05. The topological polar surface area (TPSA) is 115 Å². The lowest BCUT2D eigenvalue weighted by Gasteiger charge is -2.18. The van der Waals surface area contributed by atoms with Crippen molar-refractivity contribution in [3.63, 3.8) is 0 Å². The van der Waals surface area contributed by atoms with Crippen LogP contribution in [-0.2, 0) is 14.8 Å². The lowest BCUT2D eigenvalue weighted by Crippen LogP contribution is -2.36. The first-order valence-electron chi connectivity index (χ1n) is 5.30. The Bertz CT molecular complexity index is 547. The van der Waals surface area contributed by atoms with Gasteiger partial charge in [-0.1, -0.05) is 12.1 Å². The Labute approximate surface area is 106 Å². The van der Waals surface area contributed by atoms with E-state index in [1.807, 2.05) is 0 Å². The van der Waals surface area contributed by atoms with Gasteiger partial charge in [-0.25, -0.2) is 13.6 Å². The van der Waals surface area contributed by atoms with Crippen molar-refractivity contribution in [1.82, 2.24) is 0 Å². The van der Waals surface area contributed by atoms with E-state index in [1.54, 1.807) is 19.9 Å². The van der Waals surface area contributed by atoms with Crippen molar-refractivity contribution < 1.29 is 13.2 Å². The number of nitrogens with one attached hydrogen (secondary N) is 1. The molecule has 1 rings (SSSR count). The van der Waals surface area contributed by atoms with Gasteiger partial charge in [0.25, 0.3) is 0 Å². The number of carbonyl (C=O) groups is 1. The van der Waals surface area contributed by atoms with Gasteiger partial charge in [0.1, 0.15) is 4.90 Å². The summed E-state index contributed by atoms with van der Waals surface area (Å²) in [5, 5.41) is 7.55. The van der Waals surface area contributed by atoms with Crippen molar-refractivity contribution in [1.29, 1.82) is 0 Å². The minimum atomic E-state index is -3.87. The molecule has 0 aliphatic carbocycles. The van der Waals surface area contributed by atoms with Crippen LogP contribution in [0.4, 0.5) is 5.69 Å². The summed E-state index contributed by atoms with van der Waals surface area (Å²) < 4.78 is 22.6. The molecule has 0 radical (unpaired) electrons. The van der Waals surface area contributed by atoms with Gasteiger partial charge in [-0.3, -0.25) is 4.79 Å². The molecule has 0 aliphatic heterocycles. The van der Waals surface area contributed by atoms with Gasteiger partial charge in [-0.05, 0) is 26.0 Å². The van der Waals surface area contributed by atoms with Gasteiger partial charge in [0.2, 0.25) is 15.9 Å². The number of benzene rings is 1. The van der Waals surface area contributed by atoms with E-state index in [9.17, 15) is 13.2 Å². The van der Waals surface area contributed by atoms with E-state index >= 15 is 0 Å². The molecule has 6 nitrogen and oxygen atoms in total. The minimum Gasteiger partial charge on any atom is -0.325 e. The van der Waals surface area contributed by atoms with Crippen LogP contribution in [0.1, 0.15) is 20.3 Å². The number of nitrogens with two attached hydrogens (primary N) is 2. The van der Waals surface area contributed by atoms with Gasteiger partial charge < -0.3 is 11.1 Å². The summed E-state index contributed by atoms with van der Waals surface area (Å²) in [5.74, 6) is -0.362. The number of hydrogen-bond acceptors (Lipinski definition) is 4. The minimum absolute atomic E-state index is 0.0754. The van der Waals surface area contributed by atoms with Crippen LogP contribution in [0.3, 0.4) is 0 Å². The third kappa shape index (κ3) is 4.44. The van der Waals surface area contributed by atoms with E-state index < -0.39 is 15.6 Å². The molecular weight excluding hydrogens is 254 g/mol. The van der Waals surface area contributed by atoms with Crippen LogP contribution in [0.5, 0.6) is 0 Å². The molecule has 0 saturated heterocycles. The maximum atomic E-state index is 11.7. The molecule has 0 saturated carbocycles. The molecule has 1 aromatic rings. The first-order chi connectivity index (χ1) is 8.09. The van der Waals surface area contributed by atoms with Crippen molar-refractivity contribution >= 4 is 21.6 Å². The molecule has 7 heteroatoms. The fraction of sp³-hybridized carbons (Fsp3) is 0.364. The first kappa shape index (κ1) is 14.6. The highest BCUT2D eigenvalue weighted by molar-refractivity contribution is 7.89. The number of sulfonamides is 1. The van der Waals surface area contributed by atoms with Crippen molar-refractivity contribution in [2.24, 2.45) is 10.9 Å². The van der Waals surface area contributed by atoms with Crippen molar-refractivity contribution in [3.8, 4) is 0 Å². The van der Waals surface area contributed by atoms with Gasteiger partial charge in [0.15, 0.2) is 0 Å². The summed E-state index contributed by atoms with van der Waals surface area (Å²) in [6, 6.07) is 5.94. The molecular formula is C11H17N3O3S. The first-order valence-corrected chi connectivity index (χ1v) is 6.85. The molecule has 1 aromatic carbocycles. The van der Waals surface area contributed by atoms with E-state index in [1.165, 1.54) is 18.2 Å². The fourth-order valence-corrected chi connectivity index (χ4v) is 2.12. The Hall–Kier alpha value is -1.44. The number of anilines is 1. The molecule has 0 heterocycles. The van der Waals surface area contributed by atoms with Crippen LogP contribution < -0.4 is 16.2 Å². The Morgan fingerprint density at radius 2 is 1.89 bits per heavy atom. The number of para-hydroxylation sites is 1. The normalized spacial score (nSPS) is 12.2. The van der Waals surface area contributed by atoms with Crippen LogP contribution in [0, 0.1) is 0 Å². The summed E-state index contributed by atoms with van der Waals surface area (Å²) in [6.07, 6.45) is 0.0754. The molecule has 0 aromatic heterocycles. The lowest BCUT2D eigenvalue weighted by molar-refractivity contribution is -0.117. The average Bonchev–Trinajstić information content (AvgIpc) is 2.13. The second kappa shape index (κ2) is 5.05. The third-order valence-electron chi connectivity index (χ3n) is 2.08. The monoisotopic (exact) mass is 271 g/mol. The Kier molecular flexibility index (Phi) is 4.10. The second-order valence-corrected chi connectivity index (χ2v) is 6.28. The summed E-state index contributed by atoms with van der Waals surface area (Å²) in [6.45, 7) is 3.41.